The number of rotatable bonds is 5. The predicted molar refractivity (Wildman–Crippen MR) is 83.0 cm³/mol. The summed E-state index contributed by atoms with van der Waals surface area (Å²) in [6.45, 7) is 0.630. The summed E-state index contributed by atoms with van der Waals surface area (Å²) < 4.78 is 10.1. The number of nitrogens with two attached hydrogens (primary N) is 1. The van der Waals surface area contributed by atoms with Crippen LogP contribution >= 0.6 is 11.3 Å². The molecule has 0 radical (unpaired) electrons. The second kappa shape index (κ2) is 6.45. The van der Waals surface area contributed by atoms with Gasteiger partial charge < -0.3 is 20.1 Å². The van der Waals surface area contributed by atoms with E-state index in [4.69, 9.17) is 15.2 Å². The molecule has 0 unspecified atom stereocenters. The molecule has 2 rings (SSSR count). The molecule has 0 bridgehead atoms. The minimum Gasteiger partial charge on any atom is -0.492 e. The van der Waals surface area contributed by atoms with Crippen molar-refractivity contribution in [3.8, 4) is 5.75 Å². The molecule has 7 heteroatoms. The minimum atomic E-state index is -0.461. The number of esters is 1. The van der Waals surface area contributed by atoms with Gasteiger partial charge in [0.1, 0.15) is 15.6 Å². The number of ether oxygens (including phenoxy) is 2. The summed E-state index contributed by atoms with van der Waals surface area (Å²) in [5.74, 6) is 0.0311. The second-order valence-electron chi connectivity index (χ2n) is 4.39. The van der Waals surface area contributed by atoms with Crippen LogP contribution < -0.4 is 15.4 Å². The van der Waals surface area contributed by atoms with E-state index in [0.717, 1.165) is 10.6 Å². The Morgan fingerprint density at radius 1 is 1.48 bits per heavy atom. The van der Waals surface area contributed by atoms with E-state index in [1.165, 1.54) is 25.6 Å². The molecular formula is C14H17N3O3S. The second-order valence-corrected chi connectivity index (χ2v) is 5.39. The van der Waals surface area contributed by atoms with Gasteiger partial charge in [-0.2, -0.15) is 0 Å². The summed E-state index contributed by atoms with van der Waals surface area (Å²) in [5.41, 5.74) is 7.33. The number of hydrogen-bond acceptors (Lipinski definition) is 7. The van der Waals surface area contributed by atoms with Gasteiger partial charge in [0.2, 0.25) is 0 Å². The summed E-state index contributed by atoms with van der Waals surface area (Å²) in [6, 6.07) is 3.86. The summed E-state index contributed by atoms with van der Waals surface area (Å²) >= 11 is 1.25. The quantitative estimate of drug-likeness (QED) is 0.853. The first kappa shape index (κ1) is 15.1. The van der Waals surface area contributed by atoms with E-state index in [1.807, 2.05) is 24.1 Å². The molecule has 2 N–H and O–H groups in total. The van der Waals surface area contributed by atoms with Crippen molar-refractivity contribution in [2.24, 2.45) is 0 Å². The molecule has 2 aromatic rings. The van der Waals surface area contributed by atoms with Crippen LogP contribution in [0, 0.1) is 0 Å². The van der Waals surface area contributed by atoms with Gasteiger partial charge in [0, 0.05) is 26.0 Å². The van der Waals surface area contributed by atoms with Crippen molar-refractivity contribution in [1.29, 1.82) is 0 Å². The third kappa shape index (κ3) is 3.08. The number of anilines is 2. The van der Waals surface area contributed by atoms with E-state index in [-0.39, 0.29) is 0 Å². The molecule has 112 valence electrons. The Morgan fingerprint density at radius 3 is 2.81 bits per heavy atom. The Hall–Kier alpha value is -2.28. The maximum Gasteiger partial charge on any atom is 0.350 e. The lowest BCUT2D eigenvalue weighted by Crippen LogP contribution is -2.15. The maximum absolute atomic E-state index is 11.7. The topological polar surface area (TPSA) is 77.7 Å². The van der Waals surface area contributed by atoms with Crippen LogP contribution in [0.1, 0.15) is 15.2 Å². The van der Waals surface area contributed by atoms with Gasteiger partial charge in [-0.1, -0.05) is 6.07 Å². The predicted octanol–water partition coefficient (Wildman–Crippen LogP) is 2.16. The third-order valence-corrected chi connectivity index (χ3v) is 4.23. The van der Waals surface area contributed by atoms with Crippen LogP contribution in [0.3, 0.4) is 0 Å². The van der Waals surface area contributed by atoms with Crippen LogP contribution in [0.2, 0.25) is 0 Å². The summed E-state index contributed by atoms with van der Waals surface area (Å²) in [7, 11) is 4.76. The largest absolute Gasteiger partial charge is 0.492 e. The molecule has 0 saturated heterocycles. The van der Waals surface area contributed by atoms with Crippen LogP contribution in [0.5, 0.6) is 5.75 Å². The lowest BCUT2D eigenvalue weighted by atomic mass is 10.2. The van der Waals surface area contributed by atoms with Crippen molar-refractivity contribution in [2.75, 3.05) is 31.9 Å². The van der Waals surface area contributed by atoms with Crippen molar-refractivity contribution in [2.45, 2.75) is 6.54 Å². The fraction of sp³-hybridized carbons (Fsp3) is 0.286. The number of aromatic nitrogens is 1. The Balaban J connectivity index is 2.32. The van der Waals surface area contributed by atoms with E-state index < -0.39 is 5.97 Å². The van der Waals surface area contributed by atoms with Crippen LogP contribution in [-0.4, -0.2) is 32.2 Å². The zero-order chi connectivity index (χ0) is 15.4. The number of carbonyl (C=O) groups excluding carboxylic acids is 1. The van der Waals surface area contributed by atoms with Crippen molar-refractivity contribution < 1.29 is 14.3 Å². The SMILES string of the molecule is COC(=O)c1sc(N(C)Cc2cccnc2)c(OC)c1N. The summed E-state index contributed by atoms with van der Waals surface area (Å²) in [6.07, 6.45) is 3.52. The molecule has 21 heavy (non-hydrogen) atoms. The number of hydrogen-bond donors (Lipinski definition) is 1. The molecule has 0 amide bonds. The van der Waals surface area contributed by atoms with Crippen LogP contribution in [0.15, 0.2) is 24.5 Å². The Kier molecular flexibility index (Phi) is 4.64. The van der Waals surface area contributed by atoms with Crippen LogP contribution in [-0.2, 0) is 11.3 Å². The van der Waals surface area contributed by atoms with Crippen LogP contribution in [0.25, 0.3) is 0 Å². The summed E-state index contributed by atoms with van der Waals surface area (Å²) in [5, 5.41) is 0.777. The molecule has 0 saturated carbocycles. The Labute approximate surface area is 127 Å². The molecule has 0 spiro atoms. The number of nitrogen functional groups attached to an aromatic ring is 1. The Bertz CT molecular complexity index is 628. The first-order chi connectivity index (χ1) is 10.1. The van der Waals surface area contributed by atoms with Gasteiger partial charge in [0.25, 0.3) is 0 Å². The number of methoxy groups -OCH3 is 2. The molecule has 0 atom stereocenters. The molecule has 2 heterocycles. The van der Waals surface area contributed by atoms with Crippen molar-refractivity contribution in [3.63, 3.8) is 0 Å². The molecule has 6 nitrogen and oxygen atoms in total. The number of carbonyl (C=O) groups is 1. The van der Waals surface area contributed by atoms with Gasteiger partial charge in [-0.25, -0.2) is 4.79 Å². The fourth-order valence-corrected chi connectivity index (χ4v) is 3.02. The first-order valence-corrected chi connectivity index (χ1v) is 7.04. The monoisotopic (exact) mass is 307 g/mol. The van der Waals surface area contributed by atoms with E-state index >= 15 is 0 Å². The van der Waals surface area contributed by atoms with Gasteiger partial charge in [-0.05, 0) is 11.6 Å². The molecule has 0 aromatic carbocycles. The van der Waals surface area contributed by atoms with Gasteiger partial charge in [-0.15, -0.1) is 11.3 Å². The zero-order valence-electron chi connectivity index (χ0n) is 12.1. The van der Waals surface area contributed by atoms with Crippen molar-refractivity contribution >= 4 is 28.0 Å². The van der Waals surface area contributed by atoms with Gasteiger partial charge >= 0.3 is 5.97 Å². The lowest BCUT2D eigenvalue weighted by Gasteiger charge is -2.18. The van der Waals surface area contributed by atoms with E-state index in [2.05, 4.69) is 4.98 Å². The normalized spacial score (nSPS) is 10.2. The van der Waals surface area contributed by atoms with E-state index in [9.17, 15) is 4.79 Å². The molecule has 0 fully saturated rings. The van der Waals surface area contributed by atoms with Gasteiger partial charge in [-0.3, -0.25) is 4.98 Å². The molecule has 2 aromatic heterocycles. The van der Waals surface area contributed by atoms with Crippen molar-refractivity contribution in [3.05, 3.63) is 35.0 Å². The average molecular weight is 307 g/mol. The third-order valence-electron chi connectivity index (χ3n) is 2.95. The number of nitrogens with zero attached hydrogens (tertiary/aromatic N) is 2. The van der Waals surface area contributed by atoms with Crippen LogP contribution in [0.4, 0.5) is 10.7 Å². The first-order valence-electron chi connectivity index (χ1n) is 6.23. The molecule has 0 aliphatic carbocycles. The molecule has 0 aliphatic rings. The van der Waals surface area contributed by atoms with Gasteiger partial charge in [0.05, 0.1) is 14.2 Å². The molecular weight excluding hydrogens is 290 g/mol. The highest BCUT2D eigenvalue weighted by molar-refractivity contribution is 7.19. The fourth-order valence-electron chi connectivity index (χ4n) is 1.95. The van der Waals surface area contributed by atoms with E-state index in [0.29, 0.717) is 22.9 Å². The smallest absolute Gasteiger partial charge is 0.350 e. The Morgan fingerprint density at radius 2 is 2.24 bits per heavy atom. The van der Waals surface area contributed by atoms with Crippen molar-refractivity contribution in [1.82, 2.24) is 4.98 Å². The zero-order valence-corrected chi connectivity index (χ0v) is 12.9. The highest BCUT2D eigenvalue weighted by Crippen LogP contribution is 2.44. The molecule has 0 aliphatic heterocycles. The maximum atomic E-state index is 11.7. The van der Waals surface area contributed by atoms with E-state index in [1.54, 1.807) is 12.4 Å². The summed E-state index contributed by atoms with van der Waals surface area (Å²) in [4.78, 5) is 18.1. The highest BCUT2D eigenvalue weighted by atomic mass is 32.1. The number of thiophene rings is 1. The lowest BCUT2D eigenvalue weighted by molar-refractivity contribution is 0.0607. The highest BCUT2D eigenvalue weighted by Gasteiger charge is 2.24. The van der Waals surface area contributed by atoms with Gasteiger partial charge in [0.15, 0.2) is 5.75 Å². The number of pyridine rings is 1. The standard InChI is InChI=1S/C14H17N3O3S/c1-17(8-9-5-4-6-16-7-9)13-11(19-2)10(15)12(21-13)14(18)20-3/h4-7H,8,15H2,1-3H3. The minimum absolute atomic E-state index is 0.308. The average Bonchev–Trinajstić information content (AvgIpc) is 2.84.